The Morgan fingerprint density at radius 3 is 1.77 bits per heavy atom. The first-order chi connectivity index (χ1) is 10.2. The minimum Gasteiger partial charge on any atom is -0.0848 e. The van der Waals surface area contributed by atoms with Crippen molar-refractivity contribution in [2.75, 3.05) is 0 Å². The van der Waals surface area contributed by atoms with Crippen LogP contribution >= 0.6 is 0 Å². The average molecular weight is 307 g/mol. The van der Waals surface area contributed by atoms with Gasteiger partial charge in [0.25, 0.3) is 0 Å². The van der Waals surface area contributed by atoms with Crippen molar-refractivity contribution in [1.82, 2.24) is 0 Å². The van der Waals surface area contributed by atoms with Crippen LogP contribution in [0.2, 0.25) is 0 Å². The molecule has 22 heavy (non-hydrogen) atoms. The molecule has 0 aromatic carbocycles. The summed E-state index contributed by atoms with van der Waals surface area (Å²) >= 11 is 0. The highest BCUT2D eigenvalue weighted by Crippen LogP contribution is 2.22. The van der Waals surface area contributed by atoms with Crippen LogP contribution in [0.4, 0.5) is 0 Å². The lowest BCUT2D eigenvalue weighted by atomic mass is 9.88. The molecule has 0 heteroatoms. The Morgan fingerprint density at radius 2 is 1.32 bits per heavy atom. The summed E-state index contributed by atoms with van der Waals surface area (Å²) in [6, 6.07) is 0. The maximum atomic E-state index is 2.41. The third kappa shape index (κ3) is 12.9. The van der Waals surface area contributed by atoms with Gasteiger partial charge in [0.15, 0.2) is 0 Å². The van der Waals surface area contributed by atoms with Crippen molar-refractivity contribution in [1.29, 1.82) is 0 Å². The molecule has 0 amide bonds. The zero-order chi connectivity index (χ0) is 17.7. The van der Waals surface area contributed by atoms with E-state index in [1.807, 2.05) is 13.8 Å². The van der Waals surface area contributed by atoms with Gasteiger partial charge in [0.1, 0.15) is 0 Å². The molecule has 0 rings (SSSR count). The molecule has 0 bridgehead atoms. The van der Waals surface area contributed by atoms with E-state index in [0.29, 0.717) is 11.8 Å². The predicted molar refractivity (Wildman–Crippen MR) is 105 cm³/mol. The smallest absolute Gasteiger partial charge is 0.00512 e. The van der Waals surface area contributed by atoms with Gasteiger partial charge in [-0.05, 0) is 50.9 Å². The first kappa shape index (κ1) is 23.5. The van der Waals surface area contributed by atoms with Crippen molar-refractivity contribution in [2.45, 2.75) is 82.1 Å². The lowest BCUT2D eigenvalue weighted by Gasteiger charge is -2.18. The molecule has 0 fully saturated rings. The van der Waals surface area contributed by atoms with Crippen molar-refractivity contribution in [3.8, 4) is 0 Å². The van der Waals surface area contributed by atoms with Crippen LogP contribution in [0.5, 0.6) is 0 Å². The molecule has 0 aromatic heterocycles. The second-order valence-corrected chi connectivity index (χ2v) is 7.14. The first-order valence-corrected chi connectivity index (χ1v) is 9.24. The van der Waals surface area contributed by atoms with Crippen molar-refractivity contribution >= 4 is 0 Å². The summed E-state index contributed by atoms with van der Waals surface area (Å²) in [5, 5.41) is 0. The van der Waals surface area contributed by atoms with Crippen LogP contribution in [-0.2, 0) is 0 Å². The molecule has 130 valence electrons. The van der Waals surface area contributed by atoms with Crippen LogP contribution in [0.25, 0.3) is 0 Å². The Kier molecular flexibility index (Phi) is 14.8. The zero-order valence-electron chi connectivity index (χ0n) is 17.0. The SMILES string of the molecule is CC.CC(C)=C/C=C(\C)C(C)/C=C\C(C)C(C)CCC(C)C. The third-order valence-electron chi connectivity index (χ3n) is 4.20. The zero-order valence-corrected chi connectivity index (χ0v) is 17.0. The minimum absolute atomic E-state index is 0.533. The molecule has 0 saturated heterocycles. The van der Waals surface area contributed by atoms with Crippen LogP contribution in [0.15, 0.2) is 35.5 Å². The van der Waals surface area contributed by atoms with Crippen molar-refractivity contribution < 1.29 is 0 Å². The van der Waals surface area contributed by atoms with Gasteiger partial charge in [-0.25, -0.2) is 0 Å². The molecule has 3 atom stereocenters. The Hall–Kier alpha value is -0.780. The van der Waals surface area contributed by atoms with Crippen molar-refractivity contribution in [3.05, 3.63) is 35.5 Å². The molecule has 0 aliphatic carbocycles. The third-order valence-corrected chi connectivity index (χ3v) is 4.20. The van der Waals surface area contributed by atoms with Gasteiger partial charge in [0.05, 0.1) is 0 Å². The summed E-state index contributed by atoms with van der Waals surface area (Å²) < 4.78 is 0. The first-order valence-electron chi connectivity index (χ1n) is 9.24. The van der Waals surface area contributed by atoms with Gasteiger partial charge in [-0.15, -0.1) is 0 Å². The second kappa shape index (κ2) is 13.9. The van der Waals surface area contributed by atoms with E-state index in [1.54, 1.807) is 0 Å². The van der Waals surface area contributed by atoms with Crippen molar-refractivity contribution in [2.24, 2.45) is 23.7 Å². The lowest BCUT2D eigenvalue weighted by Crippen LogP contribution is -2.07. The highest BCUT2D eigenvalue weighted by Gasteiger charge is 2.10. The maximum Gasteiger partial charge on any atom is -0.00512 e. The van der Waals surface area contributed by atoms with Gasteiger partial charge < -0.3 is 0 Å². The molecular weight excluding hydrogens is 264 g/mol. The second-order valence-electron chi connectivity index (χ2n) is 7.14. The quantitative estimate of drug-likeness (QED) is 0.316. The van der Waals surface area contributed by atoms with Gasteiger partial charge in [0.2, 0.25) is 0 Å². The fourth-order valence-electron chi connectivity index (χ4n) is 1.99. The van der Waals surface area contributed by atoms with Gasteiger partial charge >= 0.3 is 0 Å². The molecule has 0 nitrogen and oxygen atoms in total. The minimum atomic E-state index is 0.533. The van der Waals surface area contributed by atoms with E-state index in [1.165, 1.54) is 24.0 Å². The van der Waals surface area contributed by atoms with Gasteiger partial charge in [-0.1, -0.05) is 90.3 Å². The van der Waals surface area contributed by atoms with E-state index >= 15 is 0 Å². The van der Waals surface area contributed by atoms with E-state index in [-0.39, 0.29) is 0 Å². The molecule has 0 aromatic rings. The van der Waals surface area contributed by atoms with Gasteiger partial charge in [-0.2, -0.15) is 0 Å². The molecule has 0 radical (unpaired) electrons. The number of rotatable bonds is 8. The normalized spacial score (nSPS) is 16.0. The van der Waals surface area contributed by atoms with Gasteiger partial charge in [0, 0.05) is 0 Å². The fraction of sp³-hybridized carbons (Fsp3) is 0.727. The van der Waals surface area contributed by atoms with Crippen LogP contribution < -0.4 is 0 Å². The van der Waals surface area contributed by atoms with E-state index in [9.17, 15) is 0 Å². The summed E-state index contributed by atoms with van der Waals surface area (Å²) in [7, 11) is 0. The number of allylic oxidation sites excluding steroid dienone is 6. The molecular formula is C22H42. The van der Waals surface area contributed by atoms with Crippen LogP contribution in [0.3, 0.4) is 0 Å². The molecule has 0 N–H and O–H groups in total. The van der Waals surface area contributed by atoms with E-state index in [4.69, 9.17) is 0 Å². The van der Waals surface area contributed by atoms with Gasteiger partial charge in [-0.3, -0.25) is 0 Å². The molecule has 0 heterocycles. The number of hydrogen-bond donors (Lipinski definition) is 0. The Balaban J connectivity index is 0. The van der Waals surface area contributed by atoms with Crippen LogP contribution in [0, 0.1) is 23.7 Å². The highest BCUT2D eigenvalue weighted by atomic mass is 14.2. The summed E-state index contributed by atoms with van der Waals surface area (Å²) in [5.74, 6) is 2.81. The van der Waals surface area contributed by atoms with E-state index < -0.39 is 0 Å². The summed E-state index contributed by atoms with van der Waals surface area (Å²) in [4.78, 5) is 0. The Labute approximate surface area is 141 Å². The van der Waals surface area contributed by atoms with E-state index in [0.717, 1.165) is 11.8 Å². The van der Waals surface area contributed by atoms with Crippen LogP contribution in [0.1, 0.15) is 82.1 Å². The van der Waals surface area contributed by atoms with E-state index in [2.05, 4.69) is 79.7 Å². The summed E-state index contributed by atoms with van der Waals surface area (Å²) in [5.41, 5.74) is 2.79. The lowest BCUT2D eigenvalue weighted by molar-refractivity contribution is 0.384. The molecule has 0 aliphatic rings. The highest BCUT2D eigenvalue weighted by molar-refractivity contribution is 5.19. The summed E-state index contributed by atoms with van der Waals surface area (Å²) in [6.07, 6.45) is 11.9. The molecule has 0 spiro atoms. The largest absolute Gasteiger partial charge is 0.0848 e. The standard InChI is InChI=1S/C20H36.C2H6/c1-15(2)9-11-17(5)19(7)13-14-20(8)18(6)12-10-16(3)4;1-2/h9,11,13-14,16,18-20H,10,12H2,1-8H3;1-2H3/b14-13-,17-11+;. The molecule has 0 aliphatic heterocycles. The molecule has 0 saturated carbocycles. The topological polar surface area (TPSA) is 0 Å². The number of hydrogen-bond acceptors (Lipinski definition) is 0. The Bertz CT molecular complexity index is 337. The maximum absolute atomic E-state index is 2.41. The molecule has 3 unspecified atom stereocenters. The van der Waals surface area contributed by atoms with Crippen molar-refractivity contribution in [3.63, 3.8) is 0 Å². The fourth-order valence-corrected chi connectivity index (χ4v) is 1.99. The average Bonchev–Trinajstić information content (AvgIpc) is 2.49. The Morgan fingerprint density at radius 1 is 0.773 bits per heavy atom. The predicted octanol–water partition coefficient (Wildman–Crippen LogP) is 7.83. The monoisotopic (exact) mass is 306 g/mol. The summed E-state index contributed by atoms with van der Waals surface area (Å²) in [6.45, 7) is 22.1. The van der Waals surface area contributed by atoms with Crippen LogP contribution in [-0.4, -0.2) is 0 Å².